The molecule has 35 heavy (non-hydrogen) atoms. The minimum Gasteiger partial charge on any atom is -0.481 e. The molecule has 3 aromatic carbocycles. The number of anilines is 1. The molecule has 9 heteroatoms. The van der Waals surface area contributed by atoms with Crippen LogP contribution in [0.5, 0.6) is 0 Å². The van der Waals surface area contributed by atoms with Gasteiger partial charge in [-0.25, -0.2) is 14.8 Å². The zero-order valence-corrected chi connectivity index (χ0v) is 19.1. The first kappa shape index (κ1) is 24.1. The molecule has 0 aliphatic carbocycles. The second-order valence-electron chi connectivity index (χ2n) is 8.44. The van der Waals surface area contributed by atoms with E-state index in [1.165, 1.54) is 12.1 Å². The van der Waals surface area contributed by atoms with Crippen LogP contribution in [-0.4, -0.2) is 28.9 Å². The van der Waals surface area contributed by atoms with Crippen molar-refractivity contribution in [1.29, 1.82) is 0 Å². The van der Waals surface area contributed by atoms with Crippen LogP contribution in [0.1, 0.15) is 34.8 Å². The van der Waals surface area contributed by atoms with E-state index in [9.17, 15) is 19.1 Å². The summed E-state index contributed by atoms with van der Waals surface area (Å²) in [6.45, 7) is 2.19. The highest BCUT2D eigenvalue weighted by Crippen LogP contribution is 2.29. The summed E-state index contributed by atoms with van der Waals surface area (Å²) in [6, 6.07) is 16.5. The third-order valence-electron chi connectivity index (χ3n) is 5.54. The summed E-state index contributed by atoms with van der Waals surface area (Å²) in [6.07, 6.45) is 0.461. The van der Waals surface area contributed by atoms with Crippen LogP contribution in [-0.2, 0) is 17.8 Å². The Morgan fingerprint density at radius 1 is 1.14 bits per heavy atom. The fourth-order valence-electron chi connectivity index (χ4n) is 3.89. The van der Waals surface area contributed by atoms with Gasteiger partial charge in [0.25, 0.3) is 5.91 Å². The molecule has 1 aliphatic rings. The molecule has 180 valence electrons. The van der Waals surface area contributed by atoms with Crippen molar-refractivity contribution in [2.75, 3.05) is 5.32 Å². The zero-order valence-electron chi connectivity index (χ0n) is 19.1. The Morgan fingerprint density at radius 2 is 1.91 bits per heavy atom. The molecule has 0 aromatic heterocycles. The summed E-state index contributed by atoms with van der Waals surface area (Å²) in [4.78, 5) is 29.1. The molecular weight excluding hydrogens is 449 g/mol. The maximum atomic E-state index is 14.2. The van der Waals surface area contributed by atoms with E-state index >= 15 is 0 Å². The molecule has 0 saturated carbocycles. The van der Waals surface area contributed by atoms with Gasteiger partial charge in [0.05, 0.1) is 12.1 Å². The van der Waals surface area contributed by atoms with Gasteiger partial charge in [-0.05, 0) is 71.6 Å². The number of rotatable bonds is 7. The van der Waals surface area contributed by atoms with Crippen LogP contribution in [0.4, 0.5) is 15.8 Å². The predicted octanol–water partition coefficient (Wildman–Crippen LogP) is 3.75. The van der Waals surface area contributed by atoms with E-state index in [1.54, 1.807) is 48.5 Å². The van der Waals surface area contributed by atoms with Crippen LogP contribution in [0.15, 0.2) is 65.7 Å². The monoisotopic (exact) mass is 475 g/mol. The number of hydrazine groups is 1. The molecule has 1 amide bonds. The number of hydrogen-bond donors (Lipinski definition) is 5. The minimum atomic E-state index is -1.000. The van der Waals surface area contributed by atoms with Gasteiger partial charge in [0, 0.05) is 30.3 Å². The van der Waals surface area contributed by atoms with E-state index in [2.05, 4.69) is 21.2 Å². The lowest BCUT2D eigenvalue weighted by atomic mass is 9.99. The Kier molecular flexibility index (Phi) is 7.19. The van der Waals surface area contributed by atoms with Crippen molar-refractivity contribution in [2.24, 2.45) is 10.7 Å². The van der Waals surface area contributed by atoms with Crippen molar-refractivity contribution in [1.82, 2.24) is 10.9 Å². The average molecular weight is 476 g/mol. The topological polar surface area (TPSA) is 129 Å². The van der Waals surface area contributed by atoms with Gasteiger partial charge in [-0.3, -0.25) is 9.59 Å². The first-order valence-electron chi connectivity index (χ1n) is 11.2. The molecule has 6 N–H and O–H groups in total. The number of para-hydroxylation sites is 1. The van der Waals surface area contributed by atoms with Crippen molar-refractivity contribution < 1.29 is 19.1 Å². The van der Waals surface area contributed by atoms with Gasteiger partial charge >= 0.3 is 5.97 Å². The fraction of sp³-hybridized carbons (Fsp3) is 0.192. The first-order valence-corrected chi connectivity index (χ1v) is 11.2. The standard InChI is InChI=1S/C26H26FN5O3/c1-15-6-24(32-31-15)29-22-11-19(18-7-16(14-28)8-21(27)10-18)9-20(12-22)26(35)30-23-5-3-2-4-17(23)13-25(33)34/h2-5,7-12,15,31H,6,13-14,28H2,1H3,(H,29,32)(H,30,35)(H,33,34). The SMILES string of the molecule is CC1CC(=Nc2cc(C(=O)Nc3ccccc3CC(=O)O)cc(-c3cc(F)cc(CN)c3)c2)NN1. The smallest absolute Gasteiger partial charge is 0.307 e. The number of carbonyl (C=O) groups is 2. The molecular formula is C26H26FN5O3. The number of carboxylic acids is 1. The van der Waals surface area contributed by atoms with E-state index in [-0.39, 0.29) is 19.0 Å². The molecule has 1 fully saturated rings. The number of nitrogens with one attached hydrogen (secondary N) is 3. The van der Waals surface area contributed by atoms with Crippen LogP contribution in [0.25, 0.3) is 11.1 Å². The second kappa shape index (κ2) is 10.5. The van der Waals surface area contributed by atoms with Gasteiger partial charge in [-0.2, -0.15) is 0 Å². The lowest BCUT2D eigenvalue weighted by Gasteiger charge is -2.12. The van der Waals surface area contributed by atoms with Crippen LogP contribution >= 0.6 is 0 Å². The number of carboxylic acid groups (broad SMARTS) is 1. The van der Waals surface area contributed by atoms with E-state index < -0.39 is 17.7 Å². The number of benzene rings is 3. The van der Waals surface area contributed by atoms with Crippen LogP contribution in [0.2, 0.25) is 0 Å². The molecule has 4 rings (SSSR count). The van der Waals surface area contributed by atoms with Crippen LogP contribution in [0, 0.1) is 5.82 Å². The first-order chi connectivity index (χ1) is 16.8. The number of hydrogen-bond acceptors (Lipinski definition) is 5. The van der Waals surface area contributed by atoms with Gasteiger partial charge < -0.3 is 21.6 Å². The molecule has 8 nitrogen and oxygen atoms in total. The number of amides is 1. The maximum Gasteiger partial charge on any atom is 0.307 e. The molecule has 1 aliphatic heterocycles. The highest BCUT2D eigenvalue weighted by Gasteiger charge is 2.17. The maximum absolute atomic E-state index is 14.2. The van der Waals surface area contributed by atoms with E-state index in [4.69, 9.17) is 5.73 Å². The number of aliphatic imine (C=N–C) groups is 1. The Balaban J connectivity index is 1.74. The predicted molar refractivity (Wildman–Crippen MR) is 133 cm³/mol. The largest absolute Gasteiger partial charge is 0.481 e. The Labute approximate surface area is 202 Å². The van der Waals surface area contributed by atoms with Crippen LogP contribution in [0.3, 0.4) is 0 Å². The van der Waals surface area contributed by atoms with Crippen molar-refractivity contribution in [3.63, 3.8) is 0 Å². The third kappa shape index (κ3) is 6.08. The third-order valence-corrected chi connectivity index (χ3v) is 5.54. The number of aliphatic carboxylic acids is 1. The lowest BCUT2D eigenvalue weighted by Crippen LogP contribution is -2.29. The molecule has 1 saturated heterocycles. The summed E-state index contributed by atoms with van der Waals surface area (Å²) in [5.41, 5.74) is 15.3. The van der Waals surface area contributed by atoms with Crippen LogP contribution < -0.4 is 21.9 Å². The number of amidine groups is 1. The van der Waals surface area contributed by atoms with Gasteiger partial charge in [-0.1, -0.05) is 18.2 Å². The molecule has 0 spiro atoms. The van der Waals surface area contributed by atoms with E-state index in [1.807, 2.05) is 6.92 Å². The fourth-order valence-corrected chi connectivity index (χ4v) is 3.89. The number of nitrogens with zero attached hydrogens (tertiary/aromatic N) is 1. The minimum absolute atomic E-state index is 0.175. The summed E-state index contributed by atoms with van der Waals surface area (Å²) < 4.78 is 14.2. The second-order valence-corrected chi connectivity index (χ2v) is 8.44. The van der Waals surface area contributed by atoms with Crippen molar-refractivity contribution in [3.05, 3.63) is 83.2 Å². The summed E-state index contributed by atoms with van der Waals surface area (Å²) in [5, 5.41) is 12.0. The summed E-state index contributed by atoms with van der Waals surface area (Å²) >= 11 is 0. The van der Waals surface area contributed by atoms with Gasteiger partial charge in [0.15, 0.2) is 0 Å². The van der Waals surface area contributed by atoms with Crippen molar-refractivity contribution in [3.8, 4) is 11.1 Å². The Morgan fingerprint density at radius 3 is 2.63 bits per heavy atom. The van der Waals surface area contributed by atoms with Crippen molar-refractivity contribution in [2.45, 2.75) is 32.4 Å². The number of carbonyl (C=O) groups excluding carboxylic acids is 1. The Bertz CT molecular complexity index is 1310. The molecule has 0 radical (unpaired) electrons. The summed E-state index contributed by atoms with van der Waals surface area (Å²) in [5.74, 6) is -1.15. The summed E-state index contributed by atoms with van der Waals surface area (Å²) in [7, 11) is 0. The quantitative estimate of drug-likeness (QED) is 0.354. The average Bonchev–Trinajstić information content (AvgIpc) is 3.23. The van der Waals surface area contributed by atoms with Gasteiger partial charge in [0.2, 0.25) is 0 Å². The van der Waals surface area contributed by atoms with Gasteiger partial charge in [-0.15, -0.1) is 0 Å². The van der Waals surface area contributed by atoms with Gasteiger partial charge in [0.1, 0.15) is 11.7 Å². The van der Waals surface area contributed by atoms with Crippen molar-refractivity contribution >= 4 is 29.1 Å². The highest BCUT2D eigenvalue weighted by molar-refractivity contribution is 6.06. The molecule has 1 heterocycles. The normalized spacial score (nSPS) is 16.2. The molecule has 3 aromatic rings. The zero-order chi connectivity index (χ0) is 24.9. The lowest BCUT2D eigenvalue weighted by molar-refractivity contribution is -0.136. The van der Waals surface area contributed by atoms with E-state index in [0.717, 1.165) is 5.84 Å². The highest BCUT2D eigenvalue weighted by atomic mass is 19.1. The number of nitrogens with two attached hydrogens (primary N) is 1. The molecule has 1 unspecified atom stereocenters. The Hall–Kier alpha value is -4.08. The van der Waals surface area contributed by atoms with E-state index in [0.29, 0.717) is 45.6 Å². The number of halogens is 1. The molecule has 1 atom stereocenters. The molecule has 0 bridgehead atoms.